The Labute approximate surface area is 95.8 Å². The van der Waals surface area contributed by atoms with E-state index in [0.717, 1.165) is 13.1 Å². The van der Waals surface area contributed by atoms with Crippen LogP contribution in [0.3, 0.4) is 0 Å². The summed E-state index contributed by atoms with van der Waals surface area (Å²) in [6.45, 7) is 2.26. The van der Waals surface area contributed by atoms with Gasteiger partial charge in [0.05, 0.1) is 0 Å². The van der Waals surface area contributed by atoms with Gasteiger partial charge in [-0.2, -0.15) is 9.13 Å². The van der Waals surface area contributed by atoms with E-state index in [2.05, 4.69) is 57.9 Å². The average molecular weight is 212 g/mol. The molecule has 0 bridgehead atoms. The number of hydrogen-bond donors (Lipinski definition) is 0. The van der Waals surface area contributed by atoms with Crippen LogP contribution < -0.4 is 9.13 Å². The first-order valence-corrected chi connectivity index (χ1v) is 5.92. The van der Waals surface area contributed by atoms with Crippen LogP contribution >= 0.6 is 0 Å². The lowest BCUT2D eigenvalue weighted by molar-refractivity contribution is -0.725. The van der Waals surface area contributed by atoms with Gasteiger partial charge in [-0.1, -0.05) is 0 Å². The smallest absolute Gasteiger partial charge is 0.193 e. The van der Waals surface area contributed by atoms with E-state index in [-0.39, 0.29) is 0 Å². The van der Waals surface area contributed by atoms with Gasteiger partial charge in [-0.05, 0) is 12.1 Å². The first-order chi connectivity index (χ1) is 7.95. The Balaban J connectivity index is 2.22. The second-order valence-electron chi connectivity index (χ2n) is 4.27. The quantitative estimate of drug-likeness (QED) is 0.587. The Morgan fingerprint density at radius 3 is 1.69 bits per heavy atom. The second kappa shape index (κ2) is 4.05. The zero-order valence-electron chi connectivity index (χ0n) is 9.34. The lowest BCUT2D eigenvalue weighted by Gasteiger charge is -2.07. The van der Waals surface area contributed by atoms with Crippen molar-refractivity contribution >= 4 is 0 Å². The Morgan fingerprint density at radius 2 is 1.19 bits per heavy atom. The molecule has 0 atom stereocenters. The molecular formula is C14H16N2+2. The van der Waals surface area contributed by atoms with Crippen LogP contribution in [0.15, 0.2) is 48.8 Å². The number of aromatic nitrogens is 2. The van der Waals surface area contributed by atoms with Crippen LogP contribution in [-0.2, 0) is 13.1 Å². The van der Waals surface area contributed by atoms with Crippen LogP contribution in [0.4, 0.5) is 0 Å². The van der Waals surface area contributed by atoms with E-state index in [9.17, 15) is 0 Å². The molecule has 0 saturated carbocycles. The van der Waals surface area contributed by atoms with Crippen molar-refractivity contribution in [3.05, 3.63) is 48.8 Å². The molecule has 2 heteroatoms. The van der Waals surface area contributed by atoms with Crippen molar-refractivity contribution in [2.75, 3.05) is 0 Å². The fraction of sp³-hybridized carbons (Fsp3) is 0.286. The van der Waals surface area contributed by atoms with Crippen molar-refractivity contribution in [1.29, 1.82) is 0 Å². The molecule has 0 fully saturated rings. The van der Waals surface area contributed by atoms with Gasteiger partial charge in [0.25, 0.3) is 11.4 Å². The molecule has 0 aliphatic carbocycles. The van der Waals surface area contributed by atoms with Crippen LogP contribution in [0.5, 0.6) is 0 Å². The summed E-state index contributed by atoms with van der Waals surface area (Å²) in [5.74, 6) is 0. The highest BCUT2D eigenvalue weighted by Gasteiger charge is 2.23. The largest absolute Gasteiger partial charge is 0.277 e. The van der Waals surface area contributed by atoms with Crippen LogP contribution in [-0.4, -0.2) is 0 Å². The predicted octanol–water partition coefficient (Wildman–Crippen LogP) is 1.72. The molecule has 0 aromatic carbocycles. The minimum absolute atomic E-state index is 1.13. The molecule has 1 aliphatic heterocycles. The van der Waals surface area contributed by atoms with Gasteiger partial charge >= 0.3 is 0 Å². The van der Waals surface area contributed by atoms with E-state index < -0.39 is 0 Å². The molecule has 0 spiro atoms. The third-order valence-corrected chi connectivity index (χ3v) is 3.19. The highest BCUT2D eigenvalue weighted by molar-refractivity contribution is 5.45. The van der Waals surface area contributed by atoms with Crippen molar-refractivity contribution in [3.63, 3.8) is 0 Å². The lowest BCUT2D eigenvalue weighted by atomic mass is 10.1. The Bertz CT molecular complexity index is 458. The molecule has 3 rings (SSSR count). The lowest BCUT2D eigenvalue weighted by Crippen LogP contribution is -2.45. The van der Waals surface area contributed by atoms with E-state index in [1.165, 1.54) is 24.2 Å². The maximum atomic E-state index is 2.35. The molecule has 0 amide bonds. The van der Waals surface area contributed by atoms with Gasteiger partial charge in [-0.15, -0.1) is 0 Å². The van der Waals surface area contributed by atoms with Crippen molar-refractivity contribution in [2.45, 2.75) is 25.9 Å². The van der Waals surface area contributed by atoms with Gasteiger partial charge < -0.3 is 0 Å². The Kier molecular flexibility index (Phi) is 2.41. The molecule has 16 heavy (non-hydrogen) atoms. The van der Waals surface area contributed by atoms with Crippen LogP contribution in [0.1, 0.15) is 12.8 Å². The van der Waals surface area contributed by atoms with E-state index in [4.69, 9.17) is 0 Å². The Morgan fingerprint density at radius 1 is 0.688 bits per heavy atom. The molecule has 2 nitrogen and oxygen atoms in total. The molecule has 2 aromatic heterocycles. The second-order valence-corrected chi connectivity index (χ2v) is 4.27. The molecular weight excluding hydrogens is 196 g/mol. The summed E-state index contributed by atoms with van der Waals surface area (Å²) in [5.41, 5.74) is 2.64. The van der Waals surface area contributed by atoms with E-state index in [0.29, 0.717) is 0 Å². The molecule has 80 valence electrons. The number of hydrogen-bond acceptors (Lipinski definition) is 0. The highest BCUT2D eigenvalue weighted by Crippen LogP contribution is 2.12. The van der Waals surface area contributed by atoms with E-state index >= 15 is 0 Å². The zero-order chi connectivity index (χ0) is 10.8. The third-order valence-electron chi connectivity index (χ3n) is 3.19. The summed E-state index contributed by atoms with van der Waals surface area (Å²) in [7, 11) is 0. The number of fused-ring (bicyclic) bond motifs is 3. The van der Waals surface area contributed by atoms with Crippen molar-refractivity contribution < 1.29 is 9.13 Å². The fourth-order valence-electron chi connectivity index (χ4n) is 2.37. The van der Waals surface area contributed by atoms with Gasteiger partial charge in [0.15, 0.2) is 12.4 Å². The SMILES string of the molecule is c1cc[n+]2c(c1)-c1cccc[n+]1CCCC2. The molecule has 1 aliphatic rings. The van der Waals surface area contributed by atoms with Crippen LogP contribution in [0, 0.1) is 0 Å². The zero-order valence-corrected chi connectivity index (χ0v) is 9.34. The van der Waals surface area contributed by atoms with Crippen molar-refractivity contribution in [3.8, 4) is 11.4 Å². The minimum atomic E-state index is 1.13. The third kappa shape index (κ3) is 1.60. The summed E-state index contributed by atoms with van der Waals surface area (Å²) in [4.78, 5) is 0. The number of aryl methyl sites for hydroxylation is 2. The minimum Gasteiger partial charge on any atom is -0.193 e. The van der Waals surface area contributed by atoms with Crippen molar-refractivity contribution in [1.82, 2.24) is 0 Å². The maximum Gasteiger partial charge on any atom is 0.277 e. The van der Waals surface area contributed by atoms with Crippen LogP contribution in [0.2, 0.25) is 0 Å². The number of rotatable bonds is 0. The van der Waals surface area contributed by atoms with Gasteiger partial charge in [0.1, 0.15) is 13.1 Å². The first-order valence-electron chi connectivity index (χ1n) is 5.92. The highest BCUT2D eigenvalue weighted by atomic mass is 15.0. The molecule has 2 aromatic rings. The van der Waals surface area contributed by atoms with E-state index in [1.807, 2.05) is 0 Å². The molecule has 0 N–H and O–H groups in total. The molecule has 0 radical (unpaired) electrons. The van der Waals surface area contributed by atoms with E-state index in [1.54, 1.807) is 0 Å². The average Bonchev–Trinajstić information content (AvgIpc) is 2.33. The number of nitrogens with zero attached hydrogens (tertiary/aromatic N) is 2. The maximum absolute atomic E-state index is 2.35. The summed E-state index contributed by atoms with van der Waals surface area (Å²) < 4.78 is 4.70. The number of pyridine rings is 2. The van der Waals surface area contributed by atoms with Gasteiger partial charge in [0, 0.05) is 37.1 Å². The topological polar surface area (TPSA) is 7.76 Å². The van der Waals surface area contributed by atoms with Crippen LogP contribution in [0.25, 0.3) is 11.4 Å². The van der Waals surface area contributed by atoms with Gasteiger partial charge in [-0.25, -0.2) is 0 Å². The molecule has 3 heterocycles. The van der Waals surface area contributed by atoms with Gasteiger partial charge in [0.2, 0.25) is 0 Å². The van der Waals surface area contributed by atoms with Crippen molar-refractivity contribution in [2.24, 2.45) is 0 Å². The Hall–Kier alpha value is -1.70. The summed E-state index contributed by atoms with van der Waals surface area (Å²) in [5, 5.41) is 0. The fourth-order valence-corrected chi connectivity index (χ4v) is 2.37. The summed E-state index contributed by atoms with van der Waals surface area (Å²) in [6, 6.07) is 12.9. The first kappa shape index (κ1) is 9.52. The monoisotopic (exact) mass is 212 g/mol. The normalized spacial score (nSPS) is 14.5. The summed E-state index contributed by atoms with van der Waals surface area (Å²) >= 11 is 0. The molecule has 0 saturated heterocycles. The predicted molar refractivity (Wildman–Crippen MR) is 61.5 cm³/mol. The molecule has 0 unspecified atom stereocenters. The summed E-state index contributed by atoms with van der Waals surface area (Å²) in [6.07, 6.45) is 6.86. The van der Waals surface area contributed by atoms with Gasteiger partial charge in [-0.3, -0.25) is 0 Å². The standard InChI is InChI=1S/C14H16N2/c1-3-9-15-11-5-6-12-16-10-4-2-8-14(16)13(15)7-1/h1-4,7-10H,5-6,11-12H2/q+2.